The number of phenols is 2. The van der Waals surface area contributed by atoms with Crippen molar-refractivity contribution in [1.29, 1.82) is 0 Å². The highest BCUT2D eigenvalue weighted by Gasteiger charge is 2.19. The number of aromatic hydroxyl groups is 2. The van der Waals surface area contributed by atoms with E-state index in [1.807, 2.05) is 40.7 Å². The number of benzene rings is 2. The molecule has 31 heavy (non-hydrogen) atoms. The van der Waals surface area contributed by atoms with E-state index in [-0.39, 0.29) is 36.7 Å². The molecule has 2 rings (SSSR count). The molecule has 1 unspecified atom stereocenters. The van der Waals surface area contributed by atoms with Crippen molar-refractivity contribution < 1.29 is 24.8 Å². The number of ether oxygens (including phenoxy) is 2. The van der Waals surface area contributed by atoms with Crippen molar-refractivity contribution in [2.75, 3.05) is 19.8 Å². The van der Waals surface area contributed by atoms with E-state index < -0.39 is 0 Å². The lowest BCUT2D eigenvalue weighted by Gasteiger charge is -2.22. The normalized spacial score (nSPS) is 12.3. The van der Waals surface area contributed by atoms with Crippen LogP contribution in [0.1, 0.15) is 60.1 Å². The van der Waals surface area contributed by atoms with Crippen LogP contribution in [0.4, 0.5) is 0 Å². The molecule has 0 spiro atoms. The van der Waals surface area contributed by atoms with Gasteiger partial charge in [0, 0.05) is 24.2 Å². The standard InChI is InChI=1S/C25H37NO5/c1-14(2)20-11-22(28)15(3)10-23(20)31-16(4)12-26-13-21-19(7)24(29)17(5)18(6)25(21)30-9-8-27/h10-11,14,16,26-29H,8-9,12-13H2,1-7H3. The topological polar surface area (TPSA) is 91.2 Å². The van der Waals surface area contributed by atoms with Crippen LogP contribution >= 0.6 is 0 Å². The van der Waals surface area contributed by atoms with Crippen molar-refractivity contribution >= 4 is 0 Å². The predicted octanol–water partition coefficient (Wildman–Crippen LogP) is 4.38. The summed E-state index contributed by atoms with van der Waals surface area (Å²) in [6.45, 7) is 14.9. The van der Waals surface area contributed by atoms with E-state index in [1.54, 1.807) is 6.07 Å². The number of nitrogens with one attached hydrogen (secondary N) is 1. The van der Waals surface area contributed by atoms with Gasteiger partial charge in [-0.25, -0.2) is 0 Å². The van der Waals surface area contributed by atoms with Gasteiger partial charge < -0.3 is 30.1 Å². The maximum absolute atomic E-state index is 10.5. The molecule has 4 N–H and O–H groups in total. The number of hydrogen-bond acceptors (Lipinski definition) is 6. The zero-order valence-electron chi connectivity index (χ0n) is 19.8. The summed E-state index contributed by atoms with van der Waals surface area (Å²) in [7, 11) is 0. The molecule has 172 valence electrons. The molecule has 1 atom stereocenters. The maximum Gasteiger partial charge on any atom is 0.127 e. The van der Waals surface area contributed by atoms with Gasteiger partial charge in [0.15, 0.2) is 0 Å². The SMILES string of the molecule is Cc1cc(OC(C)CNCc2c(C)c(O)c(C)c(C)c2OCCO)c(C(C)C)cc1O. The smallest absolute Gasteiger partial charge is 0.127 e. The lowest BCUT2D eigenvalue weighted by molar-refractivity contribution is 0.198. The van der Waals surface area contributed by atoms with Crippen LogP contribution < -0.4 is 14.8 Å². The average molecular weight is 432 g/mol. The van der Waals surface area contributed by atoms with E-state index in [2.05, 4.69) is 19.2 Å². The van der Waals surface area contributed by atoms with Crippen LogP contribution in [0.5, 0.6) is 23.0 Å². The van der Waals surface area contributed by atoms with Gasteiger partial charge in [-0.2, -0.15) is 0 Å². The molecule has 2 aromatic carbocycles. The first kappa shape index (κ1) is 24.8. The van der Waals surface area contributed by atoms with Gasteiger partial charge in [-0.05, 0) is 74.9 Å². The second-order valence-corrected chi connectivity index (χ2v) is 8.49. The first-order chi connectivity index (χ1) is 14.6. The first-order valence-electron chi connectivity index (χ1n) is 10.8. The van der Waals surface area contributed by atoms with Crippen molar-refractivity contribution in [3.8, 4) is 23.0 Å². The van der Waals surface area contributed by atoms with E-state index >= 15 is 0 Å². The molecule has 0 amide bonds. The van der Waals surface area contributed by atoms with E-state index in [1.165, 1.54) is 0 Å². The third kappa shape index (κ3) is 5.83. The molecule has 0 aromatic heterocycles. The highest BCUT2D eigenvalue weighted by Crippen LogP contribution is 2.37. The van der Waals surface area contributed by atoms with Crippen LogP contribution in [0.25, 0.3) is 0 Å². The number of aryl methyl sites for hydroxylation is 1. The lowest BCUT2D eigenvalue weighted by atomic mass is 9.97. The summed E-state index contributed by atoms with van der Waals surface area (Å²) < 4.78 is 12.0. The summed E-state index contributed by atoms with van der Waals surface area (Å²) in [5.41, 5.74) is 5.07. The molecule has 0 aliphatic rings. The minimum atomic E-state index is -0.108. The first-order valence-corrected chi connectivity index (χ1v) is 10.8. The number of hydrogen-bond donors (Lipinski definition) is 4. The van der Waals surface area contributed by atoms with Gasteiger partial charge >= 0.3 is 0 Å². The Kier molecular flexibility index (Phi) is 8.60. The fourth-order valence-electron chi connectivity index (χ4n) is 3.62. The zero-order valence-corrected chi connectivity index (χ0v) is 19.8. The minimum Gasteiger partial charge on any atom is -0.508 e. The van der Waals surface area contributed by atoms with Crippen LogP contribution in [-0.4, -0.2) is 41.2 Å². The van der Waals surface area contributed by atoms with E-state index in [9.17, 15) is 10.2 Å². The Morgan fingerprint density at radius 1 is 0.968 bits per heavy atom. The van der Waals surface area contributed by atoms with Crippen molar-refractivity contribution in [3.63, 3.8) is 0 Å². The van der Waals surface area contributed by atoms with E-state index in [0.717, 1.165) is 39.1 Å². The fourth-order valence-corrected chi connectivity index (χ4v) is 3.62. The van der Waals surface area contributed by atoms with Gasteiger partial charge in [-0.15, -0.1) is 0 Å². The second-order valence-electron chi connectivity index (χ2n) is 8.49. The number of phenolic OH excluding ortho intramolecular Hbond substituents is 2. The Morgan fingerprint density at radius 3 is 2.26 bits per heavy atom. The largest absolute Gasteiger partial charge is 0.508 e. The molecule has 0 saturated heterocycles. The zero-order chi connectivity index (χ0) is 23.3. The van der Waals surface area contributed by atoms with Gasteiger partial charge in [0.1, 0.15) is 35.7 Å². The van der Waals surface area contributed by atoms with Crippen LogP contribution in [0, 0.1) is 27.7 Å². The Morgan fingerprint density at radius 2 is 1.65 bits per heavy atom. The quantitative estimate of drug-likeness (QED) is 0.446. The number of rotatable bonds is 10. The Hall–Kier alpha value is -2.44. The van der Waals surface area contributed by atoms with Crippen molar-refractivity contribution in [3.05, 3.63) is 45.5 Å². The Balaban J connectivity index is 2.13. The summed E-state index contributed by atoms with van der Waals surface area (Å²) in [6, 6.07) is 3.66. The second kappa shape index (κ2) is 10.7. The van der Waals surface area contributed by atoms with Crippen LogP contribution in [0.2, 0.25) is 0 Å². The molecule has 0 saturated carbocycles. The molecule has 0 aliphatic heterocycles. The predicted molar refractivity (Wildman–Crippen MR) is 124 cm³/mol. The molecular weight excluding hydrogens is 394 g/mol. The number of aliphatic hydroxyl groups excluding tert-OH is 1. The van der Waals surface area contributed by atoms with Crippen LogP contribution in [-0.2, 0) is 6.54 Å². The van der Waals surface area contributed by atoms with E-state index in [4.69, 9.17) is 14.6 Å². The number of aliphatic hydroxyl groups is 1. The van der Waals surface area contributed by atoms with Gasteiger partial charge in [0.05, 0.1) is 6.61 Å². The van der Waals surface area contributed by atoms with Crippen LogP contribution in [0.15, 0.2) is 12.1 Å². The summed E-state index contributed by atoms with van der Waals surface area (Å²) in [6.07, 6.45) is -0.108. The van der Waals surface area contributed by atoms with Crippen molar-refractivity contribution in [1.82, 2.24) is 5.32 Å². The third-order valence-corrected chi connectivity index (χ3v) is 5.69. The highest BCUT2D eigenvalue weighted by molar-refractivity contribution is 5.57. The summed E-state index contributed by atoms with van der Waals surface area (Å²) in [5.74, 6) is 2.28. The fraction of sp³-hybridized carbons (Fsp3) is 0.520. The molecule has 6 heteroatoms. The lowest BCUT2D eigenvalue weighted by Crippen LogP contribution is -2.29. The van der Waals surface area contributed by atoms with Gasteiger partial charge in [0.25, 0.3) is 0 Å². The summed E-state index contributed by atoms with van der Waals surface area (Å²) in [4.78, 5) is 0. The molecule has 0 bridgehead atoms. The van der Waals surface area contributed by atoms with Crippen molar-refractivity contribution in [2.45, 2.75) is 67.0 Å². The molecule has 0 heterocycles. The summed E-state index contributed by atoms with van der Waals surface area (Å²) >= 11 is 0. The average Bonchev–Trinajstić information content (AvgIpc) is 2.72. The molecule has 0 fully saturated rings. The van der Waals surface area contributed by atoms with Gasteiger partial charge in [0.2, 0.25) is 0 Å². The molecular formula is C25H37NO5. The van der Waals surface area contributed by atoms with Crippen LogP contribution in [0.3, 0.4) is 0 Å². The molecule has 0 aliphatic carbocycles. The van der Waals surface area contributed by atoms with Crippen molar-refractivity contribution in [2.24, 2.45) is 0 Å². The highest BCUT2D eigenvalue weighted by atomic mass is 16.5. The Bertz CT molecular complexity index is 908. The van der Waals surface area contributed by atoms with Gasteiger partial charge in [-0.1, -0.05) is 13.8 Å². The maximum atomic E-state index is 10.5. The Labute approximate surface area is 185 Å². The molecule has 6 nitrogen and oxygen atoms in total. The third-order valence-electron chi connectivity index (χ3n) is 5.69. The molecule has 2 aromatic rings. The molecule has 0 radical (unpaired) electrons. The van der Waals surface area contributed by atoms with Gasteiger partial charge in [-0.3, -0.25) is 0 Å². The summed E-state index contributed by atoms with van der Waals surface area (Å²) in [5, 5.41) is 33.1. The minimum absolute atomic E-state index is 0.0691. The monoisotopic (exact) mass is 431 g/mol. The van der Waals surface area contributed by atoms with E-state index in [0.29, 0.717) is 18.8 Å².